The zero-order chi connectivity index (χ0) is 11.6. The van der Waals surface area contributed by atoms with E-state index in [1.165, 1.54) is 0 Å². The molecule has 0 N–H and O–H groups in total. The highest BCUT2D eigenvalue weighted by molar-refractivity contribution is 5.90. The number of morpholine rings is 1. The number of nitrogens with zero attached hydrogens (tertiary/aromatic N) is 3. The molecule has 1 unspecified atom stereocenters. The van der Waals surface area contributed by atoms with Crippen LogP contribution in [0, 0.1) is 17.8 Å². The summed E-state index contributed by atoms with van der Waals surface area (Å²) in [6.45, 7) is 2.75. The number of carbonyl (C=O) groups excluding carboxylic acids is 1. The van der Waals surface area contributed by atoms with Crippen molar-refractivity contribution in [1.82, 2.24) is 9.80 Å². The molecule has 1 radical (unpaired) electrons. The number of likely N-dealkylation sites (tertiary alicyclic amines) is 1. The summed E-state index contributed by atoms with van der Waals surface area (Å²) < 4.78 is 5.31. The summed E-state index contributed by atoms with van der Waals surface area (Å²) in [7, 11) is 1.81. The zero-order valence-electron chi connectivity index (χ0n) is 9.48. The molecule has 5 heteroatoms. The van der Waals surface area contributed by atoms with E-state index >= 15 is 0 Å². The molecule has 2 aliphatic rings. The molecule has 0 aliphatic carbocycles. The second-order valence-electron chi connectivity index (χ2n) is 4.27. The number of likely N-dealkylation sites (N-methyl/N-ethyl adjacent to an activating group) is 1. The molecule has 2 fully saturated rings. The number of ether oxygens (including phenoxy) is 1. The first-order valence-corrected chi connectivity index (χ1v) is 5.52. The Bertz CT molecular complexity index is 320. The summed E-state index contributed by atoms with van der Waals surface area (Å²) in [6.07, 6.45) is 2.98. The van der Waals surface area contributed by atoms with Crippen LogP contribution in [0.2, 0.25) is 0 Å². The van der Waals surface area contributed by atoms with Gasteiger partial charge in [-0.1, -0.05) is 0 Å². The smallest absolute Gasteiger partial charge is 0.260 e. The van der Waals surface area contributed by atoms with E-state index < -0.39 is 5.54 Å². The van der Waals surface area contributed by atoms with Gasteiger partial charge < -0.3 is 9.64 Å². The lowest BCUT2D eigenvalue weighted by molar-refractivity contribution is -0.147. The maximum Gasteiger partial charge on any atom is 0.260 e. The van der Waals surface area contributed by atoms with Crippen molar-refractivity contribution < 1.29 is 9.53 Å². The first-order chi connectivity index (χ1) is 7.70. The molecule has 0 aromatic carbocycles. The van der Waals surface area contributed by atoms with Gasteiger partial charge in [-0.25, -0.2) is 0 Å². The van der Waals surface area contributed by atoms with Crippen molar-refractivity contribution in [2.75, 3.05) is 39.9 Å². The fourth-order valence-corrected chi connectivity index (χ4v) is 2.14. The average molecular weight is 222 g/mol. The Balaban J connectivity index is 2.19. The summed E-state index contributed by atoms with van der Waals surface area (Å²) in [6, 6.07) is 2.14. The molecule has 0 saturated carbocycles. The highest BCUT2D eigenvalue weighted by Crippen LogP contribution is 2.22. The van der Waals surface area contributed by atoms with E-state index in [4.69, 9.17) is 4.74 Å². The Kier molecular flexibility index (Phi) is 3.13. The van der Waals surface area contributed by atoms with Crippen molar-refractivity contribution >= 4 is 5.91 Å². The topological polar surface area (TPSA) is 56.6 Å². The van der Waals surface area contributed by atoms with Gasteiger partial charge >= 0.3 is 0 Å². The quantitative estimate of drug-likeness (QED) is 0.608. The second-order valence-corrected chi connectivity index (χ2v) is 4.27. The van der Waals surface area contributed by atoms with E-state index in [9.17, 15) is 10.1 Å². The van der Waals surface area contributed by atoms with Gasteiger partial charge in [0, 0.05) is 19.6 Å². The lowest BCUT2D eigenvalue weighted by Crippen LogP contribution is -2.63. The monoisotopic (exact) mass is 222 g/mol. The van der Waals surface area contributed by atoms with E-state index in [2.05, 4.69) is 12.5 Å². The molecule has 16 heavy (non-hydrogen) atoms. The standard InChI is InChI=1S/C11H16N3O2/c1-13-6-7-16-9-11(13,8-12)10(15)14-4-2-3-5-14/h2H,3-7,9H2,1H3. The fourth-order valence-electron chi connectivity index (χ4n) is 2.14. The Morgan fingerprint density at radius 2 is 2.38 bits per heavy atom. The van der Waals surface area contributed by atoms with E-state index in [1.807, 2.05) is 7.05 Å². The number of carbonyl (C=O) groups is 1. The molecule has 87 valence electrons. The molecule has 0 aromatic heterocycles. The van der Waals surface area contributed by atoms with Crippen LogP contribution in [0.15, 0.2) is 0 Å². The Morgan fingerprint density at radius 1 is 1.56 bits per heavy atom. The van der Waals surface area contributed by atoms with Gasteiger partial charge in [0.15, 0.2) is 0 Å². The minimum Gasteiger partial charge on any atom is -0.376 e. The molecule has 0 bridgehead atoms. The molecule has 1 amide bonds. The summed E-state index contributed by atoms with van der Waals surface area (Å²) in [4.78, 5) is 15.9. The van der Waals surface area contributed by atoms with Crippen LogP contribution in [-0.4, -0.2) is 61.1 Å². The summed E-state index contributed by atoms with van der Waals surface area (Å²) in [5, 5.41) is 9.31. The highest BCUT2D eigenvalue weighted by atomic mass is 16.5. The normalized spacial score (nSPS) is 31.4. The Morgan fingerprint density at radius 3 is 2.94 bits per heavy atom. The molecule has 1 atom stereocenters. The van der Waals surface area contributed by atoms with Crippen molar-refractivity contribution in [2.45, 2.75) is 12.0 Å². The number of hydrogen-bond donors (Lipinski definition) is 0. The number of nitriles is 1. The van der Waals surface area contributed by atoms with E-state index in [1.54, 1.807) is 9.80 Å². The minimum atomic E-state index is -1.11. The third kappa shape index (κ3) is 1.68. The maximum atomic E-state index is 12.3. The minimum absolute atomic E-state index is 0.119. The lowest BCUT2D eigenvalue weighted by Gasteiger charge is -2.40. The van der Waals surface area contributed by atoms with Gasteiger partial charge in [0.2, 0.25) is 5.54 Å². The fraction of sp³-hybridized carbons (Fsp3) is 0.727. The van der Waals surface area contributed by atoms with Crippen molar-refractivity contribution in [3.63, 3.8) is 0 Å². The third-order valence-corrected chi connectivity index (χ3v) is 3.31. The molecule has 0 aromatic rings. The largest absolute Gasteiger partial charge is 0.376 e. The maximum absolute atomic E-state index is 12.3. The second kappa shape index (κ2) is 4.40. The van der Waals surface area contributed by atoms with Gasteiger partial charge in [0.05, 0.1) is 19.3 Å². The molecular formula is C11H16N3O2. The van der Waals surface area contributed by atoms with Crippen LogP contribution in [0.25, 0.3) is 0 Å². The van der Waals surface area contributed by atoms with Crippen LogP contribution in [0.5, 0.6) is 0 Å². The summed E-state index contributed by atoms with van der Waals surface area (Å²) in [5.74, 6) is -0.119. The van der Waals surface area contributed by atoms with Gasteiger partial charge in [-0.3, -0.25) is 9.69 Å². The van der Waals surface area contributed by atoms with Gasteiger partial charge in [-0.2, -0.15) is 5.26 Å². The first-order valence-electron chi connectivity index (χ1n) is 5.52. The Labute approximate surface area is 95.6 Å². The SMILES string of the molecule is CN1CCOCC1(C#N)C(=O)N1C[CH]CC1. The van der Waals surface area contributed by atoms with Crippen LogP contribution in [0.4, 0.5) is 0 Å². The van der Waals surface area contributed by atoms with Crippen molar-refractivity contribution in [2.24, 2.45) is 0 Å². The number of amides is 1. The summed E-state index contributed by atoms with van der Waals surface area (Å²) >= 11 is 0. The van der Waals surface area contributed by atoms with Crippen molar-refractivity contribution in [3.8, 4) is 6.07 Å². The van der Waals surface area contributed by atoms with Crippen LogP contribution >= 0.6 is 0 Å². The predicted octanol–water partition coefficient (Wildman–Crippen LogP) is -0.353. The molecular weight excluding hydrogens is 206 g/mol. The van der Waals surface area contributed by atoms with Crippen molar-refractivity contribution in [3.05, 3.63) is 6.42 Å². The molecule has 2 saturated heterocycles. The number of hydrogen-bond acceptors (Lipinski definition) is 4. The van der Waals surface area contributed by atoms with E-state index in [0.717, 1.165) is 13.0 Å². The van der Waals surface area contributed by atoms with Crippen LogP contribution < -0.4 is 0 Å². The van der Waals surface area contributed by atoms with Gasteiger partial charge in [-0.15, -0.1) is 0 Å². The van der Waals surface area contributed by atoms with Crippen LogP contribution in [0.1, 0.15) is 6.42 Å². The highest BCUT2D eigenvalue weighted by Gasteiger charge is 2.47. The van der Waals surface area contributed by atoms with Crippen molar-refractivity contribution in [1.29, 1.82) is 5.26 Å². The molecule has 0 spiro atoms. The van der Waals surface area contributed by atoms with Crippen LogP contribution in [0.3, 0.4) is 0 Å². The van der Waals surface area contributed by atoms with E-state index in [-0.39, 0.29) is 12.5 Å². The lowest BCUT2D eigenvalue weighted by atomic mass is 9.97. The average Bonchev–Trinajstić information content (AvgIpc) is 2.82. The number of rotatable bonds is 1. The first kappa shape index (κ1) is 11.4. The zero-order valence-corrected chi connectivity index (χ0v) is 9.48. The predicted molar refractivity (Wildman–Crippen MR) is 57.3 cm³/mol. The molecule has 2 rings (SSSR count). The third-order valence-electron chi connectivity index (χ3n) is 3.31. The van der Waals surface area contributed by atoms with Crippen LogP contribution in [-0.2, 0) is 9.53 Å². The van der Waals surface area contributed by atoms with Gasteiger partial charge in [0.25, 0.3) is 5.91 Å². The van der Waals surface area contributed by atoms with Gasteiger partial charge in [-0.05, 0) is 19.9 Å². The Hall–Kier alpha value is -1.12. The molecule has 2 heterocycles. The molecule has 2 aliphatic heterocycles. The van der Waals surface area contributed by atoms with E-state index in [0.29, 0.717) is 19.7 Å². The summed E-state index contributed by atoms with van der Waals surface area (Å²) in [5.41, 5.74) is -1.11. The molecule has 5 nitrogen and oxygen atoms in total. The van der Waals surface area contributed by atoms with Gasteiger partial charge in [0.1, 0.15) is 0 Å².